The lowest BCUT2D eigenvalue weighted by Crippen LogP contribution is -2.17. The van der Waals surface area contributed by atoms with Gasteiger partial charge in [-0.15, -0.1) is 0 Å². The summed E-state index contributed by atoms with van der Waals surface area (Å²) in [6.07, 6.45) is 1.86. The first kappa shape index (κ1) is 6.82. The first-order chi connectivity index (χ1) is 5.42. The highest BCUT2D eigenvalue weighted by Gasteiger charge is 2.22. The van der Waals surface area contributed by atoms with Gasteiger partial charge < -0.3 is 10.1 Å². The normalized spacial score (nSPS) is 22.1. The number of rotatable bonds is 2. The molecule has 4 heteroatoms. The lowest BCUT2D eigenvalue weighted by atomic mass is 10.2. The molecule has 0 fully saturated rings. The minimum absolute atomic E-state index is 0.328. The van der Waals surface area contributed by atoms with Crippen LogP contribution in [0.5, 0.6) is 0 Å². The fourth-order valence-electron chi connectivity index (χ4n) is 1.41. The van der Waals surface area contributed by atoms with Crippen LogP contribution < -0.4 is 5.32 Å². The molecule has 0 spiro atoms. The highest BCUT2D eigenvalue weighted by molar-refractivity contribution is 5.25. The van der Waals surface area contributed by atoms with Crippen LogP contribution in [0.15, 0.2) is 6.20 Å². The van der Waals surface area contributed by atoms with E-state index in [1.165, 1.54) is 11.3 Å². The standard InChI is InChI=1S/C7H11N3O/c1-11-4-7-5-2-9-10-6(5)3-8-7/h2,7-8H,3-4H2,1H3,(H,9,10). The van der Waals surface area contributed by atoms with Crippen LogP contribution in [0.1, 0.15) is 17.3 Å². The Morgan fingerprint density at radius 2 is 2.73 bits per heavy atom. The second kappa shape index (κ2) is 2.64. The summed E-state index contributed by atoms with van der Waals surface area (Å²) in [5, 5.41) is 10.2. The van der Waals surface area contributed by atoms with E-state index in [9.17, 15) is 0 Å². The molecule has 1 aliphatic rings. The zero-order chi connectivity index (χ0) is 7.68. The van der Waals surface area contributed by atoms with Crippen molar-refractivity contribution in [2.75, 3.05) is 13.7 Å². The molecule has 0 saturated heterocycles. The predicted octanol–water partition coefficient (Wildman–Crippen LogP) is 0.200. The van der Waals surface area contributed by atoms with Gasteiger partial charge in [0.15, 0.2) is 0 Å². The van der Waals surface area contributed by atoms with Crippen LogP contribution in [0.4, 0.5) is 0 Å². The molecule has 11 heavy (non-hydrogen) atoms. The van der Waals surface area contributed by atoms with Crippen LogP contribution in [-0.4, -0.2) is 23.9 Å². The van der Waals surface area contributed by atoms with Gasteiger partial charge in [0.05, 0.1) is 24.5 Å². The van der Waals surface area contributed by atoms with Crippen molar-refractivity contribution in [2.45, 2.75) is 12.6 Å². The van der Waals surface area contributed by atoms with Gasteiger partial charge >= 0.3 is 0 Å². The van der Waals surface area contributed by atoms with E-state index in [1.54, 1.807) is 7.11 Å². The Bertz CT molecular complexity index is 246. The Morgan fingerprint density at radius 1 is 1.82 bits per heavy atom. The van der Waals surface area contributed by atoms with Crippen molar-refractivity contribution in [3.8, 4) is 0 Å². The smallest absolute Gasteiger partial charge is 0.0659 e. The third kappa shape index (κ3) is 1.04. The van der Waals surface area contributed by atoms with E-state index in [1.807, 2.05) is 6.20 Å². The van der Waals surface area contributed by atoms with E-state index in [-0.39, 0.29) is 0 Å². The van der Waals surface area contributed by atoms with Gasteiger partial charge in [-0.2, -0.15) is 5.10 Å². The van der Waals surface area contributed by atoms with Gasteiger partial charge in [0.1, 0.15) is 0 Å². The Kier molecular flexibility index (Phi) is 1.63. The molecule has 0 bridgehead atoms. The molecule has 2 rings (SSSR count). The average molecular weight is 153 g/mol. The lowest BCUT2D eigenvalue weighted by molar-refractivity contribution is 0.171. The third-order valence-electron chi connectivity index (χ3n) is 1.99. The molecule has 2 heterocycles. The quantitative estimate of drug-likeness (QED) is 0.638. The predicted molar refractivity (Wildman–Crippen MR) is 40.0 cm³/mol. The zero-order valence-corrected chi connectivity index (χ0v) is 6.42. The highest BCUT2D eigenvalue weighted by atomic mass is 16.5. The van der Waals surface area contributed by atoms with Crippen LogP contribution in [0, 0.1) is 0 Å². The Morgan fingerprint density at radius 3 is 3.55 bits per heavy atom. The molecule has 0 radical (unpaired) electrons. The molecule has 1 atom stereocenters. The number of nitrogens with one attached hydrogen (secondary N) is 2. The molecule has 1 aliphatic heterocycles. The minimum Gasteiger partial charge on any atom is -0.383 e. The van der Waals surface area contributed by atoms with Crippen LogP contribution in [0.3, 0.4) is 0 Å². The molecule has 60 valence electrons. The summed E-state index contributed by atoms with van der Waals surface area (Å²) in [4.78, 5) is 0. The molecule has 0 aromatic carbocycles. The van der Waals surface area contributed by atoms with Crippen molar-refractivity contribution in [3.05, 3.63) is 17.5 Å². The second-order valence-corrected chi connectivity index (χ2v) is 2.69. The fraction of sp³-hybridized carbons (Fsp3) is 0.571. The first-order valence-electron chi connectivity index (χ1n) is 3.66. The van der Waals surface area contributed by atoms with Crippen molar-refractivity contribution in [1.82, 2.24) is 15.5 Å². The number of fused-ring (bicyclic) bond motifs is 1. The fourth-order valence-corrected chi connectivity index (χ4v) is 1.41. The van der Waals surface area contributed by atoms with E-state index < -0.39 is 0 Å². The highest BCUT2D eigenvalue weighted by Crippen LogP contribution is 2.22. The van der Waals surface area contributed by atoms with Crippen LogP contribution >= 0.6 is 0 Å². The zero-order valence-electron chi connectivity index (χ0n) is 6.42. The van der Waals surface area contributed by atoms with Gasteiger partial charge in [0, 0.05) is 19.2 Å². The number of aromatic nitrogens is 2. The Hall–Kier alpha value is -0.870. The van der Waals surface area contributed by atoms with Crippen LogP contribution in [0.25, 0.3) is 0 Å². The van der Waals surface area contributed by atoms with E-state index in [0.717, 1.165) is 6.54 Å². The molecule has 1 unspecified atom stereocenters. The molecule has 1 aromatic heterocycles. The Labute approximate surface area is 64.9 Å². The molecule has 4 nitrogen and oxygen atoms in total. The molecular formula is C7H11N3O. The van der Waals surface area contributed by atoms with E-state index in [2.05, 4.69) is 15.5 Å². The number of hydrogen-bond acceptors (Lipinski definition) is 3. The van der Waals surface area contributed by atoms with Gasteiger partial charge in [0.2, 0.25) is 0 Å². The molecule has 0 saturated carbocycles. The largest absolute Gasteiger partial charge is 0.383 e. The number of aromatic amines is 1. The summed E-state index contributed by atoms with van der Waals surface area (Å²) in [7, 11) is 1.71. The number of ether oxygens (including phenoxy) is 1. The first-order valence-corrected chi connectivity index (χ1v) is 3.66. The van der Waals surface area contributed by atoms with E-state index in [0.29, 0.717) is 12.6 Å². The van der Waals surface area contributed by atoms with Crippen LogP contribution in [-0.2, 0) is 11.3 Å². The maximum atomic E-state index is 5.05. The molecule has 2 N–H and O–H groups in total. The van der Waals surface area contributed by atoms with E-state index >= 15 is 0 Å². The summed E-state index contributed by atoms with van der Waals surface area (Å²) in [5.41, 5.74) is 2.43. The second-order valence-electron chi connectivity index (χ2n) is 2.69. The van der Waals surface area contributed by atoms with Crippen molar-refractivity contribution >= 4 is 0 Å². The molecule has 0 amide bonds. The van der Waals surface area contributed by atoms with Gasteiger partial charge in [-0.1, -0.05) is 0 Å². The summed E-state index contributed by atoms with van der Waals surface area (Å²) in [6, 6.07) is 0.328. The molecule has 0 aliphatic carbocycles. The van der Waals surface area contributed by atoms with Crippen molar-refractivity contribution in [3.63, 3.8) is 0 Å². The maximum absolute atomic E-state index is 5.05. The number of H-pyrrole nitrogens is 1. The summed E-state index contributed by atoms with van der Waals surface area (Å²) in [6.45, 7) is 1.59. The van der Waals surface area contributed by atoms with Crippen molar-refractivity contribution < 1.29 is 4.74 Å². The molecule has 1 aromatic rings. The molecular weight excluding hydrogens is 142 g/mol. The van der Waals surface area contributed by atoms with E-state index in [4.69, 9.17) is 4.74 Å². The van der Waals surface area contributed by atoms with Crippen molar-refractivity contribution in [2.24, 2.45) is 0 Å². The maximum Gasteiger partial charge on any atom is 0.0659 e. The minimum atomic E-state index is 0.328. The third-order valence-corrected chi connectivity index (χ3v) is 1.99. The van der Waals surface area contributed by atoms with Crippen molar-refractivity contribution in [1.29, 1.82) is 0 Å². The lowest BCUT2D eigenvalue weighted by Gasteiger charge is -2.07. The number of nitrogens with zero attached hydrogens (tertiary/aromatic N) is 1. The monoisotopic (exact) mass is 153 g/mol. The SMILES string of the molecule is COCC1NCc2[nH]ncc21. The average Bonchev–Trinajstić information content (AvgIpc) is 2.53. The Balaban J connectivity index is 2.18. The van der Waals surface area contributed by atoms with Gasteiger partial charge in [-0.3, -0.25) is 5.10 Å². The number of methoxy groups -OCH3 is 1. The van der Waals surface area contributed by atoms with Gasteiger partial charge in [-0.05, 0) is 0 Å². The summed E-state index contributed by atoms with van der Waals surface area (Å²) >= 11 is 0. The summed E-state index contributed by atoms with van der Waals surface area (Å²) in [5.74, 6) is 0. The number of hydrogen-bond donors (Lipinski definition) is 2. The van der Waals surface area contributed by atoms with Gasteiger partial charge in [-0.25, -0.2) is 0 Å². The summed E-state index contributed by atoms with van der Waals surface area (Å²) < 4.78 is 5.05. The van der Waals surface area contributed by atoms with Crippen LogP contribution in [0.2, 0.25) is 0 Å². The topological polar surface area (TPSA) is 49.9 Å². The van der Waals surface area contributed by atoms with Gasteiger partial charge in [0.25, 0.3) is 0 Å².